The largest absolute Gasteiger partial charge is 0.489 e. The van der Waals surface area contributed by atoms with Crippen LogP contribution in [0.25, 0.3) is 11.1 Å². The van der Waals surface area contributed by atoms with Crippen molar-refractivity contribution in [3.05, 3.63) is 89.0 Å². The maximum absolute atomic E-state index is 10.3. The normalized spacial score (nSPS) is 17.9. The molecule has 150 valence electrons. The SMILES string of the molecule is Cc1c(COc2ccc3c(c2)C[C@H](O)[C@@H]3NCCO)cccc1-c1ccccc1. The predicted molar refractivity (Wildman–Crippen MR) is 115 cm³/mol. The lowest BCUT2D eigenvalue weighted by Crippen LogP contribution is -2.30. The number of nitrogens with one attached hydrogen (secondary N) is 1. The van der Waals surface area contributed by atoms with E-state index in [9.17, 15) is 5.11 Å². The highest BCUT2D eigenvalue weighted by molar-refractivity contribution is 5.68. The van der Waals surface area contributed by atoms with E-state index in [0.717, 1.165) is 22.4 Å². The van der Waals surface area contributed by atoms with Gasteiger partial charge in [-0.1, -0.05) is 54.6 Å². The van der Waals surface area contributed by atoms with E-state index in [1.165, 1.54) is 16.7 Å². The summed E-state index contributed by atoms with van der Waals surface area (Å²) in [6.07, 6.45) is 0.120. The fraction of sp³-hybridized carbons (Fsp3) is 0.280. The van der Waals surface area contributed by atoms with Gasteiger partial charge in [0, 0.05) is 13.0 Å². The predicted octanol–water partition coefficient (Wildman–Crippen LogP) is 3.78. The number of fused-ring (bicyclic) bond motifs is 1. The summed E-state index contributed by atoms with van der Waals surface area (Å²) < 4.78 is 6.10. The summed E-state index contributed by atoms with van der Waals surface area (Å²) in [5.74, 6) is 0.809. The van der Waals surface area contributed by atoms with Gasteiger partial charge in [-0.15, -0.1) is 0 Å². The molecule has 0 bridgehead atoms. The minimum atomic E-state index is -0.475. The van der Waals surface area contributed by atoms with Gasteiger partial charge in [-0.3, -0.25) is 0 Å². The number of ether oxygens (including phenoxy) is 1. The average molecular weight is 389 g/mol. The Labute approximate surface area is 171 Å². The standard InChI is InChI=1S/C25H27NO3/c1-17-19(8-5-9-22(17)18-6-3-2-4-7-18)16-29-21-10-11-23-20(14-21)15-24(28)25(23)26-12-13-27/h2-11,14,24-28H,12-13,15-16H2,1H3/t24-,25+/m0/s1. The Hall–Kier alpha value is -2.66. The van der Waals surface area contributed by atoms with E-state index < -0.39 is 6.10 Å². The van der Waals surface area contributed by atoms with Crippen molar-refractivity contribution in [2.75, 3.05) is 13.2 Å². The quantitative estimate of drug-likeness (QED) is 0.576. The molecule has 0 amide bonds. The highest BCUT2D eigenvalue weighted by atomic mass is 16.5. The van der Waals surface area contributed by atoms with Crippen LogP contribution in [0.15, 0.2) is 66.7 Å². The van der Waals surface area contributed by atoms with Crippen molar-refractivity contribution in [2.45, 2.75) is 32.1 Å². The summed E-state index contributed by atoms with van der Waals surface area (Å²) in [6, 6.07) is 22.6. The summed E-state index contributed by atoms with van der Waals surface area (Å²) >= 11 is 0. The Bertz CT molecular complexity index is 971. The van der Waals surface area contributed by atoms with Crippen LogP contribution in [0.1, 0.15) is 28.3 Å². The maximum Gasteiger partial charge on any atom is 0.120 e. The van der Waals surface area contributed by atoms with Crippen LogP contribution in [0, 0.1) is 6.92 Å². The van der Waals surface area contributed by atoms with Gasteiger partial charge in [-0.25, -0.2) is 0 Å². The van der Waals surface area contributed by atoms with E-state index in [4.69, 9.17) is 9.84 Å². The van der Waals surface area contributed by atoms with E-state index in [2.05, 4.69) is 54.7 Å². The van der Waals surface area contributed by atoms with Crippen LogP contribution in [0.5, 0.6) is 5.75 Å². The molecule has 0 saturated carbocycles. The van der Waals surface area contributed by atoms with Gasteiger partial charge in [0.25, 0.3) is 0 Å². The van der Waals surface area contributed by atoms with Crippen LogP contribution in [0.4, 0.5) is 0 Å². The number of aliphatic hydroxyl groups is 2. The van der Waals surface area contributed by atoms with Gasteiger partial charge in [-0.2, -0.15) is 0 Å². The molecule has 0 spiro atoms. The van der Waals surface area contributed by atoms with Crippen molar-refractivity contribution in [1.29, 1.82) is 0 Å². The minimum Gasteiger partial charge on any atom is -0.489 e. The van der Waals surface area contributed by atoms with Gasteiger partial charge in [0.1, 0.15) is 12.4 Å². The first kappa shape index (κ1) is 19.6. The third-order valence-electron chi connectivity index (χ3n) is 5.66. The van der Waals surface area contributed by atoms with Crippen LogP contribution in [0.2, 0.25) is 0 Å². The maximum atomic E-state index is 10.3. The number of hydrogen-bond acceptors (Lipinski definition) is 4. The third-order valence-corrected chi connectivity index (χ3v) is 5.66. The van der Waals surface area contributed by atoms with Crippen LogP contribution < -0.4 is 10.1 Å². The van der Waals surface area contributed by atoms with Gasteiger partial charge in [0.15, 0.2) is 0 Å². The molecular formula is C25H27NO3. The van der Waals surface area contributed by atoms with Gasteiger partial charge in [0.05, 0.1) is 18.8 Å². The van der Waals surface area contributed by atoms with E-state index in [0.29, 0.717) is 19.6 Å². The fourth-order valence-corrected chi connectivity index (χ4v) is 4.10. The number of benzene rings is 3. The molecule has 0 aromatic heterocycles. The number of rotatable bonds is 7. The smallest absolute Gasteiger partial charge is 0.120 e. The molecule has 0 unspecified atom stereocenters. The molecule has 0 fully saturated rings. The summed E-state index contributed by atoms with van der Waals surface area (Å²) in [7, 11) is 0. The second kappa shape index (κ2) is 8.78. The van der Waals surface area contributed by atoms with E-state index >= 15 is 0 Å². The second-order valence-electron chi connectivity index (χ2n) is 7.53. The molecule has 3 aromatic carbocycles. The molecule has 0 radical (unpaired) electrons. The van der Waals surface area contributed by atoms with Crippen molar-refractivity contribution >= 4 is 0 Å². The summed E-state index contributed by atoms with van der Waals surface area (Å²) in [6.45, 7) is 3.16. The lowest BCUT2D eigenvalue weighted by Gasteiger charge is -2.17. The molecule has 0 saturated heterocycles. The number of aliphatic hydroxyl groups excluding tert-OH is 2. The van der Waals surface area contributed by atoms with Gasteiger partial charge < -0.3 is 20.3 Å². The summed E-state index contributed by atoms with van der Waals surface area (Å²) in [4.78, 5) is 0. The van der Waals surface area contributed by atoms with Crippen LogP contribution in [-0.2, 0) is 13.0 Å². The molecule has 1 aliphatic carbocycles. The topological polar surface area (TPSA) is 61.7 Å². The van der Waals surface area contributed by atoms with Crippen LogP contribution >= 0.6 is 0 Å². The first-order chi connectivity index (χ1) is 14.2. The van der Waals surface area contributed by atoms with Crippen LogP contribution in [0.3, 0.4) is 0 Å². The third kappa shape index (κ3) is 4.20. The van der Waals surface area contributed by atoms with Crippen molar-refractivity contribution < 1.29 is 14.9 Å². The highest BCUT2D eigenvalue weighted by Gasteiger charge is 2.30. The average Bonchev–Trinajstić information content (AvgIpc) is 3.06. The molecule has 2 atom stereocenters. The van der Waals surface area contributed by atoms with Crippen molar-refractivity contribution in [1.82, 2.24) is 5.32 Å². The van der Waals surface area contributed by atoms with Gasteiger partial charge in [0.2, 0.25) is 0 Å². The molecule has 0 heterocycles. The van der Waals surface area contributed by atoms with E-state index in [1.807, 2.05) is 24.3 Å². The Morgan fingerprint density at radius 3 is 2.66 bits per heavy atom. The molecule has 29 heavy (non-hydrogen) atoms. The fourth-order valence-electron chi connectivity index (χ4n) is 4.10. The van der Waals surface area contributed by atoms with Gasteiger partial charge >= 0.3 is 0 Å². The molecule has 0 aliphatic heterocycles. The highest BCUT2D eigenvalue weighted by Crippen LogP contribution is 2.34. The molecule has 4 rings (SSSR count). The molecule has 3 aromatic rings. The molecular weight excluding hydrogens is 362 g/mol. The molecule has 1 aliphatic rings. The zero-order valence-electron chi connectivity index (χ0n) is 16.6. The van der Waals surface area contributed by atoms with Crippen molar-refractivity contribution in [2.24, 2.45) is 0 Å². The lowest BCUT2D eigenvalue weighted by molar-refractivity contribution is 0.137. The van der Waals surface area contributed by atoms with Crippen LogP contribution in [-0.4, -0.2) is 29.5 Å². The lowest BCUT2D eigenvalue weighted by atomic mass is 9.97. The summed E-state index contributed by atoms with van der Waals surface area (Å²) in [5.41, 5.74) is 7.00. The van der Waals surface area contributed by atoms with Crippen molar-refractivity contribution in [3.8, 4) is 16.9 Å². The Morgan fingerprint density at radius 1 is 1.03 bits per heavy atom. The molecule has 4 heteroatoms. The Kier molecular flexibility index (Phi) is 5.95. The van der Waals surface area contributed by atoms with E-state index in [-0.39, 0.29) is 12.6 Å². The zero-order chi connectivity index (χ0) is 20.2. The first-order valence-corrected chi connectivity index (χ1v) is 10.1. The Balaban J connectivity index is 1.49. The van der Waals surface area contributed by atoms with E-state index in [1.54, 1.807) is 0 Å². The van der Waals surface area contributed by atoms with Gasteiger partial charge in [-0.05, 0) is 52.4 Å². The first-order valence-electron chi connectivity index (χ1n) is 10.1. The second-order valence-corrected chi connectivity index (χ2v) is 7.53. The van der Waals surface area contributed by atoms with Crippen molar-refractivity contribution in [3.63, 3.8) is 0 Å². The Morgan fingerprint density at radius 2 is 1.86 bits per heavy atom. The number of hydrogen-bond donors (Lipinski definition) is 3. The molecule has 3 N–H and O–H groups in total. The minimum absolute atomic E-state index is 0.0567. The monoisotopic (exact) mass is 389 g/mol. The molecule has 4 nitrogen and oxygen atoms in total. The zero-order valence-corrected chi connectivity index (χ0v) is 16.6. The summed E-state index contributed by atoms with van der Waals surface area (Å²) in [5, 5.41) is 22.6.